The van der Waals surface area contributed by atoms with E-state index >= 15 is 0 Å². The van der Waals surface area contributed by atoms with E-state index in [0.717, 1.165) is 16.7 Å². The molecule has 4 amide bonds. The maximum atomic E-state index is 12.1. The second-order valence-corrected chi connectivity index (χ2v) is 6.37. The molecule has 0 radical (unpaired) electrons. The number of hydrogen-bond acceptors (Lipinski definition) is 3. The van der Waals surface area contributed by atoms with Crippen LogP contribution in [0.4, 0.5) is 4.79 Å². The van der Waals surface area contributed by atoms with Crippen LogP contribution in [-0.4, -0.2) is 35.8 Å². The van der Waals surface area contributed by atoms with Crippen molar-refractivity contribution in [2.45, 2.75) is 19.9 Å². The molecule has 1 aliphatic heterocycles. The van der Waals surface area contributed by atoms with Gasteiger partial charge in [-0.3, -0.25) is 14.9 Å². The van der Waals surface area contributed by atoms with Gasteiger partial charge < -0.3 is 10.2 Å². The molecule has 3 rings (SSSR count). The first-order valence-corrected chi connectivity index (χ1v) is 8.53. The summed E-state index contributed by atoms with van der Waals surface area (Å²) in [4.78, 5) is 36.2. The smallest absolute Gasteiger partial charge is 0.324 e. The zero-order valence-electron chi connectivity index (χ0n) is 14.6. The van der Waals surface area contributed by atoms with Gasteiger partial charge >= 0.3 is 6.03 Å². The Morgan fingerprint density at radius 2 is 1.85 bits per heavy atom. The van der Waals surface area contributed by atoms with Gasteiger partial charge in [-0.05, 0) is 29.7 Å². The molecule has 26 heavy (non-hydrogen) atoms. The fourth-order valence-electron chi connectivity index (χ4n) is 2.87. The van der Waals surface area contributed by atoms with Crippen LogP contribution in [0.3, 0.4) is 0 Å². The maximum Gasteiger partial charge on any atom is 0.324 e. The molecular weight excluding hydrogens is 330 g/mol. The Morgan fingerprint density at radius 1 is 1.12 bits per heavy atom. The average molecular weight is 351 g/mol. The van der Waals surface area contributed by atoms with Crippen LogP contribution in [0.2, 0.25) is 0 Å². The first kappa shape index (κ1) is 17.7. The minimum Gasteiger partial charge on any atom is -0.350 e. The Labute approximate surface area is 152 Å². The number of nitrogens with one attached hydrogen (secondary N) is 2. The molecule has 2 aromatic rings. The van der Waals surface area contributed by atoms with E-state index in [1.54, 1.807) is 0 Å². The number of urea groups is 1. The van der Waals surface area contributed by atoms with Crippen molar-refractivity contribution in [3.05, 3.63) is 59.7 Å². The largest absolute Gasteiger partial charge is 0.350 e. The molecular formula is C20H21N3O3. The Bertz CT molecular complexity index is 848. The number of amides is 4. The van der Waals surface area contributed by atoms with E-state index in [1.165, 1.54) is 10.5 Å². The molecule has 0 spiro atoms. The third kappa shape index (κ3) is 4.47. The Kier molecular flexibility index (Phi) is 5.31. The normalized spacial score (nSPS) is 14.1. The fraction of sp³-hybridized carbons (Fsp3) is 0.250. The van der Waals surface area contributed by atoms with E-state index in [2.05, 4.69) is 35.8 Å². The van der Waals surface area contributed by atoms with Gasteiger partial charge in [0.1, 0.15) is 6.54 Å². The third-order valence-corrected chi connectivity index (χ3v) is 4.24. The topological polar surface area (TPSA) is 78.5 Å². The summed E-state index contributed by atoms with van der Waals surface area (Å²) in [6.45, 7) is 2.64. The number of benzene rings is 2. The summed E-state index contributed by atoms with van der Waals surface area (Å²) in [6, 6.07) is 15.7. The molecule has 6 nitrogen and oxygen atoms in total. The molecule has 1 saturated heterocycles. The molecule has 1 aliphatic rings. The fourth-order valence-corrected chi connectivity index (χ4v) is 2.87. The monoisotopic (exact) mass is 351 g/mol. The summed E-state index contributed by atoms with van der Waals surface area (Å²) < 4.78 is 0. The molecule has 6 heteroatoms. The molecule has 0 saturated carbocycles. The van der Waals surface area contributed by atoms with E-state index in [0.29, 0.717) is 6.54 Å². The molecule has 0 unspecified atom stereocenters. The molecule has 2 aromatic carbocycles. The van der Waals surface area contributed by atoms with Gasteiger partial charge in [0.05, 0.1) is 0 Å². The SMILES string of the molecule is Cc1cccc(-c2cccc(CNC(=O)CN3CCC(=O)NC3=O)c2)c1. The number of aryl methyl sites for hydroxylation is 1. The molecule has 1 fully saturated rings. The second-order valence-electron chi connectivity index (χ2n) is 6.37. The maximum absolute atomic E-state index is 12.1. The third-order valence-electron chi connectivity index (χ3n) is 4.24. The zero-order valence-corrected chi connectivity index (χ0v) is 14.6. The van der Waals surface area contributed by atoms with Gasteiger partial charge in [-0.25, -0.2) is 4.79 Å². The standard InChI is InChI=1S/C20H21N3O3/c1-14-4-2-6-16(10-14)17-7-3-5-15(11-17)12-21-19(25)13-23-9-8-18(24)22-20(23)26/h2-7,10-11H,8-9,12-13H2,1H3,(H,21,25)(H,22,24,26). The summed E-state index contributed by atoms with van der Waals surface area (Å²) in [5.74, 6) is -0.560. The van der Waals surface area contributed by atoms with Gasteiger partial charge in [0.15, 0.2) is 0 Å². The van der Waals surface area contributed by atoms with Gasteiger partial charge in [0.25, 0.3) is 0 Å². The molecule has 134 valence electrons. The predicted molar refractivity (Wildman–Crippen MR) is 98.2 cm³/mol. The number of carbonyl (C=O) groups is 3. The summed E-state index contributed by atoms with van der Waals surface area (Å²) in [7, 11) is 0. The lowest BCUT2D eigenvalue weighted by Gasteiger charge is -2.25. The van der Waals surface area contributed by atoms with Gasteiger partial charge in [-0.15, -0.1) is 0 Å². The van der Waals surface area contributed by atoms with E-state index in [-0.39, 0.29) is 31.3 Å². The minimum absolute atomic E-state index is 0.0588. The van der Waals surface area contributed by atoms with Gasteiger partial charge in [0.2, 0.25) is 11.8 Å². The van der Waals surface area contributed by atoms with Crippen molar-refractivity contribution < 1.29 is 14.4 Å². The van der Waals surface area contributed by atoms with Crippen LogP contribution in [0.15, 0.2) is 48.5 Å². The summed E-state index contributed by atoms with van der Waals surface area (Å²) in [6.07, 6.45) is 0.220. The number of nitrogens with zero attached hydrogens (tertiary/aromatic N) is 1. The highest BCUT2D eigenvalue weighted by Crippen LogP contribution is 2.21. The Balaban J connectivity index is 1.58. The van der Waals surface area contributed by atoms with Crippen LogP contribution < -0.4 is 10.6 Å². The summed E-state index contributed by atoms with van der Waals surface area (Å²) in [5, 5.41) is 5.03. The first-order valence-electron chi connectivity index (χ1n) is 8.53. The van der Waals surface area contributed by atoms with Crippen molar-refractivity contribution in [1.29, 1.82) is 0 Å². The van der Waals surface area contributed by atoms with Crippen LogP contribution in [0.25, 0.3) is 11.1 Å². The summed E-state index contributed by atoms with van der Waals surface area (Å²) in [5.41, 5.74) is 4.40. The van der Waals surface area contributed by atoms with E-state index in [4.69, 9.17) is 0 Å². The van der Waals surface area contributed by atoms with Crippen molar-refractivity contribution >= 4 is 17.8 Å². The van der Waals surface area contributed by atoms with E-state index < -0.39 is 6.03 Å². The molecule has 0 aliphatic carbocycles. The van der Waals surface area contributed by atoms with E-state index in [9.17, 15) is 14.4 Å². The lowest BCUT2D eigenvalue weighted by atomic mass is 10.0. The van der Waals surface area contributed by atoms with Crippen LogP contribution in [-0.2, 0) is 16.1 Å². The summed E-state index contributed by atoms with van der Waals surface area (Å²) >= 11 is 0. The first-order chi connectivity index (χ1) is 12.5. The number of imide groups is 1. The quantitative estimate of drug-likeness (QED) is 0.867. The average Bonchev–Trinajstić information content (AvgIpc) is 2.63. The molecule has 2 N–H and O–H groups in total. The highest BCUT2D eigenvalue weighted by atomic mass is 16.2. The van der Waals surface area contributed by atoms with Crippen LogP contribution in [0, 0.1) is 6.92 Å². The van der Waals surface area contributed by atoms with E-state index in [1.807, 2.05) is 30.3 Å². The van der Waals surface area contributed by atoms with Crippen molar-refractivity contribution in [1.82, 2.24) is 15.5 Å². The number of carbonyl (C=O) groups excluding carboxylic acids is 3. The van der Waals surface area contributed by atoms with Gasteiger partial charge in [-0.1, -0.05) is 48.0 Å². The molecule has 1 heterocycles. The highest BCUT2D eigenvalue weighted by Gasteiger charge is 2.24. The highest BCUT2D eigenvalue weighted by molar-refractivity contribution is 5.98. The Hall–Kier alpha value is -3.15. The molecule has 0 aromatic heterocycles. The van der Waals surface area contributed by atoms with Crippen LogP contribution in [0.1, 0.15) is 17.5 Å². The zero-order chi connectivity index (χ0) is 18.5. The van der Waals surface area contributed by atoms with Crippen LogP contribution in [0.5, 0.6) is 0 Å². The Morgan fingerprint density at radius 3 is 2.58 bits per heavy atom. The van der Waals surface area contributed by atoms with Crippen LogP contribution >= 0.6 is 0 Å². The second kappa shape index (κ2) is 7.82. The van der Waals surface area contributed by atoms with Crippen molar-refractivity contribution in [2.75, 3.05) is 13.1 Å². The predicted octanol–water partition coefficient (Wildman–Crippen LogP) is 2.22. The van der Waals surface area contributed by atoms with Crippen molar-refractivity contribution in [3.8, 4) is 11.1 Å². The van der Waals surface area contributed by atoms with Gasteiger partial charge in [0, 0.05) is 19.5 Å². The van der Waals surface area contributed by atoms with Crippen molar-refractivity contribution in [2.24, 2.45) is 0 Å². The number of rotatable bonds is 5. The molecule has 0 bridgehead atoms. The number of hydrogen-bond donors (Lipinski definition) is 2. The lowest BCUT2D eigenvalue weighted by molar-refractivity contribution is -0.125. The van der Waals surface area contributed by atoms with Gasteiger partial charge in [-0.2, -0.15) is 0 Å². The lowest BCUT2D eigenvalue weighted by Crippen LogP contribution is -2.52. The molecule has 0 atom stereocenters. The minimum atomic E-state index is -0.516. The van der Waals surface area contributed by atoms with Crippen molar-refractivity contribution in [3.63, 3.8) is 0 Å².